The lowest BCUT2D eigenvalue weighted by molar-refractivity contribution is -0.145. The summed E-state index contributed by atoms with van der Waals surface area (Å²) in [6.07, 6.45) is 1.94. The van der Waals surface area contributed by atoms with E-state index in [1.54, 1.807) is 32.6 Å². The van der Waals surface area contributed by atoms with Gasteiger partial charge in [0, 0.05) is 11.7 Å². The first-order valence-electron chi connectivity index (χ1n) is 12.6. The highest BCUT2D eigenvalue weighted by molar-refractivity contribution is 6.00. The van der Waals surface area contributed by atoms with Crippen molar-refractivity contribution in [2.75, 3.05) is 5.32 Å². The molecule has 2 atom stereocenters. The number of hydrogen-bond donors (Lipinski definition) is 2. The second-order valence-electron chi connectivity index (χ2n) is 10.8. The van der Waals surface area contributed by atoms with Crippen molar-refractivity contribution in [1.82, 2.24) is 10.2 Å². The molecule has 1 aliphatic rings. The molecule has 7 heteroatoms. The first-order chi connectivity index (χ1) is 16.9. The van der Waals surface area contributed by atoms with E-state index < -0.39 is 23.8 Å². The van der Waals surface area contributed by atoms with Crippen LogP contribution in [0, 0.1) is 20.8 Å². The van der Waals surface area contributed by atoms with Gasteiger partial charge in [-0.3, -0.25) is 9.59 Å². The van der Waals surface area contributed by atoms with E-state index in [2.05, 4.69) is 10.6 Å². The van der Waals surface area contributed by atoms with Crippen molar-refractivity contribution in [3.8, 4) is 0 Å². The van der Waals surface area contributed by atoms with Crippen molar-refractivity contribution in [3.05, 3.63) is 64.7 Å². The molecule has 194 valence electrons. The molecule has 0 radical (unpaired) electrons. The van der Waals surface area contributed by atoms with Crippen LogP contribution in [0.1, 0.15) is 75.3 Å². The number of anilines is 1. The Kier molecular flexibility index (Phi) is 8.43. The van der Waals surface area contributed by atoms with Crippen LogP contribution in [0.5, 0.6) is 0 Å². The second-order valence-corrected chi connectivity index (χ2v) is 10.8. The minimum atomic E-state index is -0.860. The van der Waals surface area contributed by atoms with Gasteiger partial charge in [-0.15, -0.1) is 0 Å². The lowest BCUT2D eigenvalue weighted by Crippen LogP contribution is -2.56. The Morgan fingerprint density at radius 2 is 1.61 bits per heavy atom. The predicted octanol–water partition coefficient (Wildman–Crippen LogP) is 5.59. The van der Waals surface area contributed by atoms with Gasteiger partial charge in [-0.05, 0) is 84.4 Å². The number of benzene rings is 2. The van der Waals surface area contributed by atoms with Crippen molar-refractivity contribution >= 4 is 23.6 Å². The number of nitrogens with zero attached hydrogens (tertiary/aromatic N) is 1. The molecule has 2 aromatic carbocycles. The summed E-state index contributed by atoms with van der Waals surface area (Å²) in [5, 5.41) is 5.76. The number of aryl methyl sites for hydroxylation is 3. The van der Waals surface area contributed by atoms with Crippen molar-refractivity contribution in [2.45, 2.75) is 91.5 Å². The Bertz CT molecular complexity index is 1100. The van der Waals surface area contributed by atoms with Gasteiger partial charge in [0.2, 0.25) is 5.91 Å². The molecule has 0 aromatic heterocycles. The van der Waals surface area contributed by atoms with Crippen LogP contribution < -0.4 is 10.6 Å². The molecule has 7 nitrogen and oxygen atoms in total. The molecule has 1 saturated carbocycles. The van der Waals surface area contributed by atoms with Crippen molar-refractivity contribution in [2.24, 2.45) is 0 Å². The van der Waals surface area contributed by atoms with Gasteiger partial charge in [0.05, 0.1) is 0 Å². The molecule has 2 N–H and O–H groups in total. The molecule has 2 aromatic rings. The summed E-state index contributed by atoms with van der Waals surface area (Å²) >= 11 is 0. The maximum absolute atomic E-state index is 13.9. The van der Waals surface area contributed by atoms with E-state index >= 15 is 0 Å². The summed E-state index contributed by atoms with van der Waals surface area (Å²) in [5.74, 6) is -0.587. The lowest BCUT2D eigenvalue weighted by atomic mass is 9.88. The number of carbonyl (C=O) groups is 3. The summed E-state index contributed by atoms with van der Waals surface area (Å²) in [6.45, 7) is 12.8. The van der Waals surface area contributed by atoms with Crippen LogP contribution in [-0.2, 0) is 14.3 Å². The Hall–Kier alpha value is -3.35. The number of nitrogens with one attached hydrogen (secondary N) is 2. The molecule has 3 amide bonds. The van der Waals surface area contributed by atoms with Gasteiger partial charge in [-0.2, -0.15) is 0 Å². The average molecular weight is 494 g/mol. The van der Waals surface area contributed by atoms with Crippen LogP contribution in [0.2, 0.25) is 0 Å². The highest BCUT2D eigenvalue weighted by atomic mass is 16.6. The summed E-state index contributed by atoms with van der Waals surface area (Å²) in [5.41, 5.74) is 3.71. The van der Waals surface area contributed by atoms with E-state index in [4.69, 9.17) is 4.74 Å². The number of amides is 3. The first kappa shape index (κ1) is 27.2. The third-order valence-electron chi connectivity index (χ3n) is 6.44. The van der Waals surface area contributed by atoms with Gasteiger partial charge in [-0.25, -0.2) is 4.79 Å². The molecular weight excluding hydrogens is 454 g/mol. The number of ether oxygens (including phenoxy) is 1. The monoisotopic (exact) mass is 493 g/mol. The van der Waals surface area contributed by atoms with E-state index in [1.807, 2.05) is 63.2 Å². The predicted molar refractivity (Wildman–Crippen MR) is 142 cm³/mol. The Morgan fingerprint density at radius 1 is 1.00 bits per heavy atom. The zero-order valence-corrected chi connectivity index (χ0v) is 22.5. The Labute approximate surface area is 214 Å². The SMILES string of the molecule is Cc1cccc(C(C(=O)Nc2c(C)cccc2C)N(C(=O)C(C)NC(=O)OC(C)(C)C)C2CCC2)c1. The third kappa shape index (κ3) is 6.65. The van der Waals surface area contributed by atoms with Gasteiger partial charge >= 0.3 is 6.09 Å². The van der Waals surface area contributed by atoms with Gasteiger partial charge < -0.3 is 20.3 Å². The van der Waals surface area contributed by atoms with Crippen LogP contribution in [0.15, 0.2) is 42.5 Å². The van der Waals surface area contributed by atoms with E-state index in [-0.39, 0.29) is 17.9 Å². The summed E-state index contributed by atoms with van der Waals surface area (Å²) in [4.78, 5) is 41.8. The largest absolute Gasteiger partial charge is 0.444 e. The molecule has 0 aliphatic heterocycles. The number of para-hydroxylation sites is 1. The standard InChI is InChI=1S/C29H39N3O4/c1-18-11-8-14-22(17-18)25(26(33)31-24-19(2)12-9-13-20(24)3)32(23-15-10-16-23)27(34)21(4)30-28(35)36-29(5,6)7/h8-9,11-14,17,21,23,25H,10,15-16H2,1-7H3,(H,30,35)(H,31,33). The van der Waals surface area contributed by atoms with Crippen LogP contribution in [0.4, 0.5) is 10.5 Å². The fourth-order valence-electron chi connectivity index (χ4n) is 4.43. The average Bonchev–Trinajstić information content (AvgIpc) is 2.72. The third-order valence-corrected chi connectivity index (χ3v) is 6.44. The molecule has 36 heavy (non-hydrogen) atoms. The van der Waals surface area contributed by atoms with E-state index in [1.165, 1.54) is 0 Å². The highest BCUT2D eigenvalue weighted by Gasteiger charge is 2.41. The molecule has 0 spiro atoms. The lowest BCUT2D eigenvalue weighted by Gasteiger charge is -2.43. The maximum atomic E-state index is 13.9. The number of alkyl carbamates (subject to hydrolysis) is 1. The molecule has 0 bridgehead atoms. The number of hydrogen-bond acceptors (Lipinski definition) is 4. The van der Waals surface area contributed by atoms with Crippen LogP contribution in [0.3, 0.4) is 0 Å². The zero-order valence-electron chi connectivity index (χ0n) is 22.5. The summed E-state index contributed by atoms with van der Waals surface area (Å²) < 4.78 is 5.35. The topological polar surface area (TPSA) is 87.7 Å². The van der Waals surface area contributed by atoms with Gasteiger partial charge in [0.25, 0.3) is 5.91 Å². The fraction of sp³-hybridized carbons (Fsp3) is 0.483. The zero-order chi connectivity index (χ0) is 26.6. The molecule has 1 aliphatic carbocycles. The van der Waals surface area contributed by atoms with E-state index in [9.17, 15) is 14.4 Å². The minimum absolute atomic E-state index is 0.0883. The van der Waals surface area contributed by atoms with Crippen molar-refractivity contribution in [3.63, 3.8) is 0 Å². The Balaban J connectivity index is 1.98. The normalized spacial score (nSPS) is 15.3. The van der Waals surface area contributed by atoms with Gasteiger partial charge in [0.15, 0.2) is 0 Å². The summed E-state index contributed by atoms with van der Waals surface area (Å²) in [7, 11) is 0. The van der Waals surface area contributed by atoms with Crippen LogP contribution in [0.25, 0.3) is 0 Å². The van der Waals surface area contributed by atoms with Gasteiger partial charge in [0.1, 0.15) is 17.7 Å². The van der Waals surface area contributed by atoms with E-state index in [0.717, 1.165) is 47.2 Å². The summed E-state index contributed by atoms with van der Waals surface area (Å²) in [6, 6.07) is 11.7. The van der Waals surface area contributed by atoms with Crippen LogP contribution >= 0.6 is 0 Å². The van der Waals surface area contributed by atoms with Gasteiger partial charge in [-0.1, -0.05) is 48.0 Å². The van der Waals surface area contributed by atoms with E-state index in [0.29, 0.717) is 0 Å². The Morgan fingerprint density at radius 3 is 2.14 bits per heavy atom. The smallest absolute Gasteiger partial charge is 0.408 e. The first-order valence-corrected chi connectivity index (χ1v) is 12.6. The fourth-order valence-corrected chi connectivity index (χ4v) is 4.43. The molecule has 2 unspecified atom stereocenters. The van der Waals surface area contributed by atoms with Crippen LogP contribution in [-0.4, -0.2) is 40.5 Å². The van der Waals surface area contributed by atoms with Crippen molar-refractivity contribution in [1.29, 1.82) is 0 Å². The van der Waals surface area contributed by atoms with Crippen molar-refractivity contribution < 1.29 is 19.1 Å². The second kappa shape index (κ2) is 11.1. The molecule has 0 saturated heterocycles. The maximum Gasteiger partial charge on any atom is 0.408 e. The quantitative estimate of drug-likeness (QED) is 0.527. The highest BCUT2D eigenvalue weighted by Crippen LogP contribution is 2.35. The number of carbonyl (C=O) groups excluding carboxylic acids is 3. The molecule has 0 heterocycles. The molecular formula is C29H39N3O4. The molecule has 1 fully saturated rings. The molecule has 3 rings (SSSR count). The minimum Gasteiger partial charge on any atom is -0.444 e. The number of rotatable bonds is 7.